The first-order valence-corrected chi connectivity index (χ1v) is 9.94. The lowest BCUT2D eigenvalue weighted by atomic mass is 9.75. The van der Waals surface area contributed by atoms with Gasteiger partial charge in [0.1, 0.15) is 0 Å². The minimum Gasteiger partial charge on any atom is -0.335 e. The van der Waals surface area contributed by atoms with E-state index in [1.54, 1.807) is 5.56 Å². The van der Waals surface area contributed by atoms with Crippen molar-refractivity contribution in [3.63, 3.8) is 0 Å². The average Bonchev–Trinajstić information content (AvgIpc) is 3.23. The van der Waals surface area contributed by atoms with Gasteiger partial charge in [0.05, 0.1) is 6.04 Å². The highest BCUT2D eigenvalue weighted by atomic mass is 32.2. The molecule has 0 spiro atoms. The van der Waals surface area contributed by atoms with Gasteiger partial charge in [0.25, 0.3) is 0 Å². The molecule has 0 amide bonds. The molecule has 2 bridgehead atoms. The third-order valence-corrected chi connectivity index (χ3v) is 7.08. The maximum absolute atomic E-state index is 5.12. The summed E-state index contributed by atoms with van der Waals surface area (Å²) in [5, 5.41) is 4.63. The molecule has 2 aromatic rings. The average molecular weight is 334 g/mol. The highest BCUT2D eigenvalue weighted by Gasteiger charge is 2.53. The number of fused-ring (bicyclic) bond motifs is 5. The SMILES string of the molecule is c1ccc(NC2=N[C@@H]3[C@H]4C[C@@H]([C@@H]3CS2)[C@H](c2ccccc2)C4)cc1. The zero-order chi connectivity index (χ0) is 15.9. The number of anilines is 1. The molecule has 0 saturated heterocycles. The number of benzene rings is 2. The smallest absolute Gasteiger partial charge is 0.161 e. The van der Waals surface area contributed by atoms with Gasteiger partial charge in [-0.1, -0.05) is 60.3 Å². The van der Waals surface area contributed by atoms with Gasteiger partial charge in [0.15, 0.2) is 5.17 Å². The topological polar surface area (TPSA) is 24.4 Å². The maximum Gasteiger partial charge on any atom is 0.161 e. The van der Waals surface area contributed by atoms with E-state index in [1.807, 2.05) is 11.8 Å². The highest BCUT2D eigenvalue weighted by Crippen LogP contribution is 2.58. The van der Waals surface area contributed by atoms with Crippen molar-refractivity contribution < 1.29 is 0 Å². The zero-order valence-corrected chi connectivity index (χ0v) is 14.5. The third kappa shape index (κ3) is 2.46. The molecule has 122 valence electrons. The number of nitrogens with zero attached hydrogens (tertiary/aromatic N) is 1. The van der Waals surface area contributed by atoms with Gasteiger partial charge < -0.3 is 5.32 Å². The number of hydrogen-bond acceptors (Lipinski definition) is 3. The molecule has 1 heterocycles. The fourth-order valence-electron chi connectivity index (χ4n) is 5.03. The fraction of sp³-hybridized carbons (Fsp3) is 0.381. The summed E-state index contributed by atoms with van der Waals surface area (Å²) in [5.41, 5.74) is 2.69. The Balaban J connectivity index is 1.34. The van der Waals surface area contributed by atoms with E-state index in [1.165, 1.54) is 18.6 Å². The Bertz CT molecular complexity index is 743. The summed E-state index contributed by atoms with van der Waals surface area (Å²) in [7, 11) is 0. The summed E-state index contributed by atoms with van der Waals surface area (Å²) in [6.45, 7) is 0. The second-order valence-electron chi connectivity index (χ2n) is 7.30. The second-order valence-corrected chi connectivity index (χ2v) is 8.31. The quantitative estimate of drug-likeness (QED) is 0.835. The van der Waals surface area contributed by atoms with Crippen molar-refractivity contribution in [2.75, 3.05) is 11.1 Å². The predicted octanol–water partition coefficient (Wildman–Crippen LogP) is 5.01. The number of hydrogen-bond donors (Lipinski definition) is 1. The van der Waals surface area contributed by atoms with Crippen molar-refractivity contribution in [3.8, 4) is 0 Å². The van der Waals surface area contributed by atoms with Crippen molar-refractivity contribution in [1.29, 1.82) is 0 Å². The van der Waals surface area contributed by atoms with E-state index in [-0.39, 0.29) is 0 Å². The van der Waals surface area contributed by atoms with Crippen LogP contribution < -0.4 is 5.32 Å². The summed E-state index contributed by atoms with van der Waals surface area (Å²) in [4.78, 5) is 5.12. The van der Waals surface area contributed by atoms with Gasteiger partial charge in [0.2, 0.25) is 0 Å². The largest absolute Gasteiger partial charge is 0.335 e. The minimum absolute atomic E-state index is 0.544. The van der Waals surface area contributed by atoms with E-state index in [9.17, 15) is 0 Å². The van der Waals surface area contributed by atoms with Gasteiger partial charge in [-0.3, -0.25) is 4.99 Å². The van der Waals surface area contributed by atoms with Crippen molar-refractivity contribution in [2.45, 2.75) is 24.8 Å². The van der Waals surface area contributed by atoms with Crippen molar-refractivity contribution in [1.82, 2.24) is 0 Å². The van der Waals surface area contributed by atoms with Gasteiger partial charge in [0, 0.05) is 11.4 Å². The second kappa shape index (κ2) is 5.96. The molecule has 0 radical (unpaired) electrons. The molecule has 2 aromatic carbocycles. The third-order valence-electron chi connectivity index (χ3n) is 6.05. The van der Waals surface area contributed by atoms with E-state index < -0.39 is 0 Å². The van der Waals surface area contributed by atoms with E-state index in [4.69, 9.17) is 4.99 Å². The van der Waals surface area contributed by atoms with E-state index in [0.717, 1.165) is 34.5 Å². The molecule has 1 aliphatic heterocycles. The van der Waals surface area contributed by atoms with Crippen molar-refractivity contribution in [3.05, 3.63) is 66.2 Å². The van der Waals surface area contributed by atoms with E-state index in [2.05, 4.69) is 66.0 Å². The Hall–Kier alpha value is -1.74. The van der Waals surface area contributed by atoms with Crippen LogP contribution in [0.25, 0.3) is 0 Å². The predicted molar refractivity (Wildman–Crippen MR) is 103 cm³/mol. The first-order chi connectivity index (χ1) is 11.9. The van der Waals surface area contributed by atoms with Gasteiger partial charge >= 0.3 is 0 Å². The van der Waals surface area contributed by atoms with E-state index in [0.29, 0.717) is 6.04 Å². The number of nitrogens with one attached hydrogen (secondary N) is 1. The summed E-state index contributed by atoms with van der Waals surface area (Å²) >= 11 is 1.91. The summed E-state index contributed by atoms with van der Waals surface area (Å²) in [6.07, 6.45) is 2.69. The van der Waals surface area contributed by atoms with Crippen molar-refractivity contribution in [2.24, 2.45) is 22.7 Å². The van der Waals surface area contributed by atoms with Crippen LogP contribution in [0.4, 0.5) is 5.69 Å². The first kappa shape index (κ1) is 14.6. The molecule has 5 atom stereocenters. The van der Waals surface area contributed by atoms with Gasteiger partial charge in [-0.05, 0) is 54.2 Å². The standard InChI is InChI=1S/C21H22N2S/c1-3-7-14(8-4-1)17-11-15-12-18(17)19-13-24-21(23-20(15)19)22-16-9-5-2-6-10-16/h1-10,15,17-20H,11-13H2,(H,22,23)/t15-,17+,18-,19+,20-/m1/s1. The molecule has 3 aliphatic rings. The van der Waals surface area contributed by atoms with Gasteiger partial charge in [-0.25, -0.2) is 0 Å². The molecule has 2 saturated carbocycles. The molecular formula is C21H22N2S. The molecule has 5 rings (SSSR count). The number of rotatable bonds is 2. The normalized spacial score (nSPS) is 33.8. The Morgan fingerprint density at radius 3 is 2.42 bits per heavy atom. The number of para-hydroxylation sites is 1. The Morgan fingerprint density at radius 1 is 0.875 bits per heavy atom. The van der Waals surface area contributed by atoms with Crippen LogP contribution in [-0.4, -0.2) is 17.0 Å². The van der Waals surface area contributed by atoms with Crippen molar-refractivity contribution >= 4 is 22.6 Å². The van der Waals surface area contributed by atoms with Crippen LogP contribution in [0.15, 0.2) is 65.7 Å². The highest BCUT2D eigenvalue weighted by molar-refractivity contribution is 8.14. The lowest BCUT2D eigenvalue weighted by Crippen LogP contribution is -2.36. The monoisotopic (exact) mass is 334 g/mol. The molecule has 0 unspecified atom stereocenters. The number of aliphatic imine (C=N–C) groups is 1. The van der Waals surface area contributed by atoms with Crippen LogP contribution in [0.3, 0.4) is 0 Å². The Labute approximate surface area is 147 Å². The lowest BCUT2D eigenvalue weighted by Gasteiger charge is -2.37. The van der Waals surface area contributed by atoms with Crippen LogP contribution in [0.2, 0.25) is 0 Å². The molecule has 1 N–H and O–H groups in total. The van der Waals surface area contributed by atoms with Gasteiger partial charge in [-0.2, -0.15) is 0 Å². The van der Waals surface area contributed by atoms with E-state index >= 15 is 0 Å². The minimum atomic E-state index is 0.544. The molecule has 0 aromatic heterocycles. The first-order valence-electron chi connectivity index (χ1n) is 8.96. The molecule has 2 nitrogen and oxygen atoms in total. The van der Waals surface area contributed by atoms with Gasteiger partial charge in [-0.15, -0.1) is 0 Å². The molecule has 24 heavy (non-hydrogen) atoms. The number of thioether (sulfide) groups is 1. The Kier molecular flexibility index (Phi) is 3.62. The lowest BCUT2D eigenvalue weighted by molar-refractivity contribution is 0.282. The number of amidine groups is 1. The summed E-state index contributed by atoms with van der Waals surface area (Å²) in [5.74, 6) is 4.35. The fourth-order valence-corrected chi connectivity index (χ4v) is 6.21. The van der Waals surface area contributed by atoms with Crippen LogP contribution >= 0.6 is 11.8 Å². The Morgan fingerprint density at radius 2 is 1.62 bits per heavy atom. The molecular weight excluding hydrogens is 312 g/mol. The molecule has 2 fully saturated rings. The summed E-state index contributed by atoms with van der Waals surface area (Å²) < 4.78 is 0. The van der Waals surface area contributed by atoms with Crippen LogP contribution in [0.1, 0.15) is 24.3 Å². The molecule has 2 aliphatic carbocycles. The van der Waals surface area contributed by atoms with Crippen LogP contribution in [-0.2, 0) is 0 Å². The van der Waals surface area contributed by atoms with Crippen LogP contribution in [0, 0.1) is 17.8 Å². The zero-order valence-electron chi connectivity index (χ0n) is 13.6. The maximum atomic E-state index is 5.12. The summed E-state index contributed by atoms with van der Waals surface area (Å²) in [6, 6.07) is 22.1. The molecule has 3 heteroatoms. The van der Waals surface area contributed by atoms with Crippen LogP contribution in [0.5, 0.6) is 0 Å².